The molecule has 0 aliphatic carbocycles. The molecule has 1 heterocycles. The molecule has 0 spiro atoms. The summed E-state index contributed by atoms with van der Waals surface area (Å²) in [6.45, 7) is 0.870. The number of urea groups is 1. The fourth-order valence-corrected chi connectivity index (χ4v) is 3.20. The van der Waals surface area contributed by atoms with Crippen molar-refractivity contribution in [3.05, 3.63) is 59.9 Å². The van der Waals surface area contributed by atoms with E-state index in [1.54, 1.807) is 41.3 Å². The molecule has 8 nitrogen and oxygen atoms in total. The van der Waals surface area contributed by atoms with Crippen LogP contribution < -0.4 is 20.7 Å². The Kier molecular flexibility index (Phi) is 7.42. The Labute approximate surface area is 179 Å². The van der Waals surface area contributed by atoms with Crippen molar-refractivity contribution in [2.75, 3.05) is 32.0 Å². The normalized spacial score (nSPS) is 13.9. The summed E-state index contributed by atoms with van der Waals surface area (Å²) in [7, 11) is 1.49. The Morgan fingerprint density at radius 3 is 2.55 bits per heavy atom. The van der Waals surface area contributed by atoms with Gasteiger partial charge in [-0.1, -0.05) is 12.1 Å². The zero-order valence-corrected chi connectivity index (χ0v) is 17.2. The Bertz CT molecular complexity index is 945. The van der Waals surface area contributed by atoms with Crippen LogP contribution in [0, 0.1) is 5.82 Å². The number of ether oxygens (including phenoxy) is 1. The van der Waals surface area contributed by atoms with Gasteiger partial charge in [-0.25, -0.2) is 9.18 Å². The number of halogens is 1. The van der Waals surface area contributed by atoms with Crippen LogP contribution in [0.3, 0.4) is 0 Å². The average molecular weight is 428 g/mol. The lowest BCUT2D eigenvalue weighted by atomic mass is 10.1. The molecular formula is C22H25FN4O4. The van der Waals surface area contributed by atoms with E-state index in [0.717, 1.165) is 0 Å². The van der Waals surface area contributed by atoms with Crippen molar-refractivity contribution in [3.63, 3.8) is 0 Å². The highest BCUT2D eigenvalue weighted by molar-refractivity contribution is 5.98. The van der Waals surface area contributed by atoms with Crippen molar-refractivity contribution in [2.45, 2.75) is 18.9 Å². The summed E-state index contributed by atoms with van der Waals surface area (Å²) in [6.07, 6.45) is 1.18. The zero-order chi connectivity index (χ0) is 22.2. The number of benzene rings is 2. The third kappa shape index (κ3) is 6.43. The van der Waals surface area contributed by atoms with E-state index in [1.165, 1.54) is 19.2 Å². The molecule has 31 heavy (non-hydrogen) atoms. The van der Waals surface area contributed by atoms with Crippen molar-refractivity contribution in [1.82, 2.24) is 15.5 Å². The maximum atomic E-state index is 13.3. The van der Waals surface area contributed by atoms with Crippen molar-refractivity contribution in [3.8, 4) is 5.75 Å². The van der Waals surface area contributed by atoms with Crippen LogP contribution in [0.4, 0.5) is 14.9 Å². The standard InChI is InChI=1S/C22H25FN4O4/c1-24-20(28)14-25-21(29)15-4-2-6-17(12-15)26-22(30)27-10-8-18(9-11-27)31-19-7-3-5-16(23)13-19/h2-7,12-13,18H,8-11,14H2,1H3,(H,24,28)(H,25,29)(H,26,30). The first-order chi connectivity index (χ1) is 14.9. The van der Waals surface area contributed by atoms with E-state index in [4.69, 9.17) is 4.74 Å². The number of anilines is 1. The third-order valence-corrected chi connectivity index (χ3v) is 4.89. The van der Waals surface area contributed by atoms with Crippen molar-refractivity contribution < 1.29 is 23.5 Å². The van der Waals surface area contributed by atoms with Gasteiger partial charge < -0.3 is 25.6 Å². The molecule has 2 aromatic rings. The highest BCUT2D eigenvalue weighted by atomic mass is 19.1. The minimum Gasteiger partial charge on any atom is -0.490 e. The van der Waals surface area contributed by atoms with Gasteiger partial charge in [0.2, 0.25) is 5.91 Å². The van der Waals surface area contributed by atoms with E-state index >= 15 is 0 Å². The van der Waals surface area contributed by atoms with Gasteiger partial charge in [0, 0.05) is 50.3 Å². The van der Waals surface area contributed by atoms with Gasteiger partial charge in [0.05, 0.1) is 6.54 Å². The Hall–Kier alpha value is -3.62. The van der Waals surface area contributed by atoms with Crippen LogP contribution >= 0.6 is 0 Å². The molecule has 0 radical (unpaired) electrons. The minimum atomic E-state index is -0.407. The average Bonchev–Trinajstić information content (AvgIpc) is 2.78. The van der Waals surface area contributed by atoms with E-state index < -0.39 is 5.91 Å². The largest absolute Gasteiger partial charge is 0.490 e. The molecule has 3 rings (SSSR count). The van der Waals surface area contributed by atoms with Gasteiger partial charge in [0.15, 0.2) is 0 Å². The summed E-state index contributed by atoms with van der Waals surface area (Å²) >= 11 is 0. The summed E-state index contributed by atoms with van der Waals surface area (Å²) in [6, 6.07) is 12.2. The van der Waals surface area contributed by atoms with Crippen LogP contribution in [0.1, 0.15) is 23.2 Å². The first-order valence-corrected chi connectivity index (χ1v) is 10.0. The molecule has 1 aliphatic heterocycles. The van der Waals surface area contributed by atoms with E-state index in [1.807, 2.05) is 0 Å². The number of nitrogens with one attached hydrogen (secondary N) is 3. The molecule has 0 aromatic heterocycles. The van der Waals surface area contributed by atoms with Gasteiger partial charge in [0.25, 0.3) is 5.91 Å². The summed E-state index contributed by atoms with van der Waals surface area (Å²) < 4.78 is 19.1. The van der Waals surface area contributed by atoms with Crippen molar-refractivity contribution >= 4 is 23.5 Å². The molecular weight excluding hydrogens is 403 g/mol. The lowest BCUT2D eigenvalue weighted by Crippen LogP contribution is -2.43. The van der Waals surface area contributed by atoms with E-state index in [0.29, 0.717) is 42.9 Å². The molecule has 1 fully saturated rings. The summed E-state index contributed by atoms with van der Waals surface area (Å²) in [5.41, 5.74) is 0.819. The van der Waals surface area contributed by atoms with Gasteiger partial charge in [-0.2, -0.15) is 0 Å². The topological polar surface area (TPSA) is 99.8 Å². The number of piperidine rings is 1. The number of hydrogen-bond donors (Lipinski definition) is 3. The predicted molar refractivity (Wildman–Crippen MR) is 113 cm³/mol. The van der Waals surface area contributed by atoms with E-state index in [-0.39, 0.29) is 30.4 Å². The summed E-state index contributed by atoms with van der Waals surface area (Å²) in [5, 5.41) is 7.73. The van der Waals surface area contributed by atoms with Gasteiger partial charge >= 0.3 is 6.03 Å². The number of carbonyl (C=O) groups is 3. The third-order valence-electron chi connectivity index (χ3n) is 4.89. The second-order valence-electron chi connectivity index (χ2n) is 7.13. The van der Waals surface area contributed by atoms with Gasteiger partial charge in [-0.05, 0) is 30.3 Å². The number of likely N-dealkylation sites (N-methyl/N-ethyl adjacent to an activating group) is 1. The van der Waals surface area contributed by atoms with Crippen LogP contribution in [0.2, 0.25) is 0 Å². The Morgan fingerprint density at radius 2 is 1.84 bits per heavy atom. The van der Waals surface area contributed by atoms with E-state index in [9.17, 15) is 18.8 Å². The zero-order valence-electron chi connectivity index (χ0n) is 17.2. The molecule has 1 saturated heterocycles. The number of hydrogen-bond acceptors (Lipinski definition) is 4. The highest BCUT2D eigenvalue weighted by Gasteiger charge is 2.24. The fraction of sp³-hybridized carbons (Fsp3) is 0.318. The van der Waals surface area contributed by atoms with Crippen molar-refractivity contribution in [2.24, 2.45) is 0 Å². The molecule has 0 unspecified atom stereocenters. The lowest BCUT2D eigenvalue weighted by Gasteiger charge is -2.32. The second kappa shape index (κ2) is 10.4. The minimum absolute atomic E-state index is 0.0850. The van der Waals surface area contributed by atoms with Crippen LogP contribution in [0.5, 0.6) is 5.75 Å². The van der Waals surface area contributed by atoms with Gasteiger partial charge in [-0.3, -0.25) is 9.59 Å². The first kappa shape index (κ1) is 22.1. The maximum Gasteiger partial charge on any atom is 0.321 e. The molecule has 0 atom stereocenters. The van der Waals surface area contributed by atoms with Gasteiger partial charge in [-0.15, -0.1) is 0 Å². The summed E-state index contributed by atoms with van der Waals surface area (Å²) in [5.74, 6) is -0.578. The lowest BCUT2D eigenvalue weighted by molar-refractivity contribution is -0.119. The predicted octanol–water partition coefficient (Wildman–Crippen LogP) is 2.38. The smallest absolute Gasteiger partial charge is 0.321 e. The number of likely N-dealkylation sites (tertiary alicyclic amines) is 1. The number of rotatable bonds is 6. The van der Waals surface area contributed by atoms with Crippen LogP contribution in [0.25, 0.3) is 0 Å². The Balaban J connectivity index is 1.49. The van der Waals surface area contributed by atoms with Crippen molar-refractivity contribution in [1.29, 1.82) is 0 Å². The summed E-state index contributed by atoms with van der Waals surface area (Å²) in [4.78, 5) is 37.7. The molecule has 1 aliphatic rings. The monoisotopic (exact) mass is 428 g/mol. The molecule has 0 bridgehead atoms. The fourth-order valence-electron chi connectivity index (χ4n) is 3.20. The number of amides is 4. The maximum absolute atomic E-state index is 13.3. The quantitative estimate of drug-likeness (QED) is 0.658. The molecule has 4 amide bonds. The molecule has 2 aromatic carbocycles. The SMILES string of the molecule is CNC(=O)CNC(=O)c1cccc(NC(=O)N2CCC(Oc3cccc(F)c3)CC2)c1. The first-order valence-electron chi connectivity index (χ1n) is 10.0. The molecule has 0 saturated carbocycles. The second-order valence-corrected chi connectivity index (χ2v) is 7.13. The number of nitrogens with zero attached hydrogens (tertiary/aromatic N) is 1. The molecule has 9 heteroatoms. The van der Waals surface area contributed by atoms with E-state index in [2.05, 4.69) is 16.0 Å². The van der Waals surface area contributed by atoms with Crippen LogP contribution in [0.15, 0.2) is 48.5 Å². The molecule has 164 valence electrons. The van der Waals surface area contributed by atoms with Crippen LogP contribution in [-0.2, 0) is 4.79 Å². The number of carbonyl (C=O) groups excluding carboxylic acids is 3. The highest BCUT2D eigenvalue weighted by Crippen LogP contribution is 2.20. The Morgan fingerprint density at radius 1 is 1.10 bits per heavy atom. The molecule has 3 N–H and O–H groups in total. The van der Waals surface area contributed by atoms with Gasteiger partial charge in [0.1, 0.15) is 17.7 Å². The van der Waals surface area contributed by atoms with Crippen LogP contribution in [-0.4, -0.2) is 55.5 Å².